The molecule has 0 saturated carbocycles. The molecule has 0 bridgehead atoms. The molecule has 3 rings (SSSR count). The predicted octanol–water partition coefficient (Wildman–Crippen LogP) is 0.755. The summed E-state index contributed by atoms with van der Waals surface area (Å²) < 4.78 is 10.0. The van der Waals surface area contributed by atoms with Crippen molar-refractivity contribution in [2.24, 2.45) is 0 Å². The predicted molar refractivity (Wildman–Crippen MR) is 89.6 cm³/mol. The van der Waals surface area contributed by atoms with Gasteiger partial charge < -0.3 is 25.0 Å². The lowest BCUT2D eigenvalue weighted by atomic mass is 10.2. The Kier molecular flexibility index (Phi) is 4.45. The van der Waals surface area contributed by atoms with Crippen LogP contribution in [-0.4, -0.2) is 43.3 Å². The molecule has 0 unspecified atom stereocenters. The van der Waals surface area contributed by atoms with Gasteiger partial charge >= 0.3 is 11.9 Å². The highest BCUT2D eigenvalue weighted by molar-refractivity contribution is 6.15. The van der Waals surface area contributed by atoms with Gasteiger partial charge in [0.25, 0.3) is 5.79 Å². The summed E-state index contributed by atoms with van der Waals surface area (Å²) in [6.07, 6.45) is 1.25. The van der Waals surface area contributed by atoms with Crippen molar-refractivity contribution in [2.45, 2.75) is 19.6 Å². The normalized spacial score (nSPS) is 20.0. The van der Waals surface area contributed by atoms with E-state index in [4.69, 9.17) is 9.47 Å². The Morgan fingerprint density at radius 3 is 2.36 bits per heavy atom. The molecule has 0 atom stereocenters. The number of nitrogens with zero attached hydrogens (tertiary/aromatic N) is 1. The quantitative estimate of drug-likeness (QED) is 0.474. The molecule has 0 aromatic heterocycles. The highest BCUT2D eigenvalue weighted by atomic mass is 16.7. The third kappa shape index (κ3) is 3.80. The molecule has 2 aliphatic heterocycles. The van der Waals surface area contributed by atoms with Gasteiger partial charge in [-0.15, -0.1) is 0 Å². The molecule has 1 aromatic rings. The minimum Gasteiger partial charge on any atom is -0.419 e. The maximum Gasteiger partial charge on any atom is 0.350 e. The zero-order valence-corrected chi connectivity index (χ0v) is 14.0. The molecule has 1 amide bonds. The van der Waals surface area contributed by atoms with Gasteiger partial charge in [0, 0.05) is 44.5 Å². The van der Waals surface area contributed by atoms with Gasteiger partial charge in [-0.05, 0) is 24.3 Å². The molecule has 0 radical (unpaired) electrons. The first-order chi connectivity index (χ1) is 11.9. The van der Waals surface area contributed by atoms with Gasteiger partial charge in [-0.25, -0.2) is 9.59 Å². The first kappa shape index (κ1) is 17.0. The van der Waals surface area contributed by atoms with Crippen LogP contribution in [-0.2, 0) is 23.9 Å². The van der Waals surface area contributed by atoms with Crippen molar-refractivity contribution in [3.8, 4) is 0 Å². The third-order valence-electron chi connectivity index (χ3n) is 3.77. The molecule has 0 spiro atoms. The molecular weight excluding hydrogens is 326 g/mol. The first-order valence-electron chi connectivity index (χ1n) is 7.90. The van der Waals surface area contributed by atoms with Crippen molar-refractivity contribution in [2.75, 3.05) is 29.9 Å². The molecule has 2 heterocycles. The summed E-state index contributed by atoms with van der Waals surface area (Å²) >= 11 is 0. The summed E-state index contributed by atoms with van der Waals surface area (Å²) in [4.78, 5) is 37.3. The molecule has 2 fully saturated rings. The van der Waals surface area contributed by atoms with Crippen LogP contribution in [0, 0.1) is 0 Å². The topological polar surface area (TPSA) is 97.0 Å². The maximum absolute atomic E-state index is 11.9. The van der Waals surface area contributed by atoms with E-state index in [2.05, 4.69) is 10.6 Å². The monoisotopic (exact) mass is 345 g/mol. The third-order valence-corrected chi connectivity index (χ3v) is 3.77. The summed E-state index contributed by atoms with van der Waals surface area (Å²) in [6.45, 7) is 4.67. The molecular formula is C17H19N3O5. The fraction of sp³-hybridized carbons (Fsp3) is 0.353. The van der Waals surface area contributed by atoms with Crippen LogP contribution in [0.2, 0.25) is 0 Å². The smallest absolute Gasteiger partial charge is 0.350 e. The Morgan fingerprint density at radius 1 is 1.12 bits per heavy atom. The van der Waals surface area contributed by atoms with Gasteiger partial charge in [-0.3, -0.25) is 4.79 Å². The van der Waals surface area contributed by atoms with E-state index in [-0.39, 0.29) is 11.5 Å². The molecule has 25 heavy (non-hydrogen) atoms. The van der Waals surface area contributed by atoms with Crippen molar-refractivity contribution in [1.82, 2.24) is 5.32 Å². The first-order valence-corrected chi connectivity index (χ1v) is 7.90. The van der Waals surface area contributed by atoms with Crippen molar-refractivity contribution < 1.29 is 23.9 Å². The van der Waals surface area contributed by atoms with Gasteiger partial charge in [0.1, 0.15) is 0 Å². The number of ether oxygens (including phenoxy) is 2. The minimum absolute atomic E-state index is 0.0180. The lowest BCUT2D eigenvalue weighted by molar-refractivity contribution is -0.222. The van der Waals surface area contributed by atoms with Crippen LogP contribution < -0.4 is 15.5 Å². The number of carbonyl (C=O) groups excluding carboxylic acids is 3. The fourth-order valence-electron chi connectivity index (χ4n) is 2.55. The van der Waals surface area contributed by atoms with E-state index in [1.54, 1.807) is 29.2 Å². The van der Waals surface area contributed by atoms with Gasteiger partial charge in [-0.1, -0.05) is 0 Å². The number of hydrogen-bond donors (Lipinski definition) is 2. The lowest BCUT2D eigenvalue weighted by Gasteiger charge is -2.29. The summed E-state index contributed by atoms with van der Waals surface area (Å²) in [5, 5.41) is 5.88. The fourth-order valence-corrected chi connectivity index (χ4v) is 2.55. The lowest BCUT2D eigenvalue weighted by Crippen LogP contribution is -2.48. The number of hydrogen-bond acceptors (Lipinski definition) is 7. The number of benzene rings is 1. The molecule has 2 saturated heterocycles. The number of nitrogens with one attached hydrogen (secondary N) is 2. The summed E-state index contributed by atoms with van der Waals surface area (Å²) in [7, 11) is 0. The van der Waals surface area contributed by atoms with Crippen molar-refractivity contribution in [3.63, 3.8) is 0 Å². The number of amides is 1. The van der Waals surface area contributed by atoms with Gasteiger partial charge in [-0.2, -0.15) is 0 Å². The molecule has 132 valence electrons. The SMILES string of the molecule is CC1(C)OC(=O)C(=CNc2ccc(N3CCNCC3=O)cc2)C(=O)O1. The van der Waals surface area contributed by atoms with Gasteiger partial charge in [0.15, 0.2) is 5.57 Å². The van der Waals surface area contributed by atoms with Crippen molar-refractivity contribution >= 4 is 29.2 Å². The number of anilines is 2. The van der Waals surface area contributed by atoms with E-state index in [1.807, 2.05) is 0 Å². The second-order valence-corrected chi connectivity index (χ2v) is 6.15. The summed E-state index contributed by atoms with van der Waals surface area (Å²) in [6, 6.07) is 7.10. The number of piperazine rings is 1. The Morgan fingerprint density at radius 2 is 1.76 bits per heavy atom. The molecule has 8 nitrogen and oxygen atoms in total. The Bertz CT molecular complexity index is 717. The van der Waals surface area contributed by atoms with E-state index in [9.17, 15) is 14.4 Å². The van der Waals surface area contributed by atoms with Crippen LogP contribution in [0.15, 0.2) is 36.0 Å². The zero-order valence-electron chi connectivity index (χ0n) is 14.0. The second-order valence-electron chi connectivity index (χ2n) is 6.15. The van der Waals surface area contributed by atoms with Crippen LogP contribution in [0.25, 0.3) is 0 Å². The molecule has 2 N–H and O–H groups in total. The second kappa shape index (κ2) is 6.56. The van der Waals surface area contributed by atoms with Crippen LogP contribution >= 0.6 is 0 Å². The Hall–Kier alpha value is -2.87. The standard InChI is InChI=1S/C17H19N3O5/c1-17(2)24-15(22)13(16(23)25-17)9-19-11-3-5-12(6-4-11)20-8-7-18-10-14(20)21/h3-6,9,18-19H,7-8,10H2,1-2H3. The van der Waals surface area contributed by atoms with Crippen LogP contribution in [0.4, 0.5) is 11.4 Å². The van der Waals surface area contributed by atoms with Gasteiger partial charge in [0.2, 0.25) is 5.91 Å². The molecule has 2 aliphatic rings. The Balaban J connectivity index is 1.68. The number of rotatable bonds is 3. The van der Waals surface area contributed by atoms with E-state index < -0.39 is 17.7 Å². The van der Waals surface area contributed by atoms with E-state index in [0.29, 0.717) is 18.8 Å². The summed E-state index contributed by atoms with van der Waals surface area (Å²) in [5.41, 5.74) is 1.24. The molecule has 8 heteroatoms. The van der Waals surface area contributed by atoms with E-state index >= 15 is 0 Å². The molecule has 1 aromatic carbocycles. The highest BCUT2D eigenvalue weighted by Crippen LogP contribution is 2.23. The maximum atomic E-state index is 11.9. The van der Waals surface area contributed by atoms with Crippen molar-refractivity contribution in [3.05, 3.63) is 36.0 Å². The average molecular weight is 345 g/mol. The van der Waals surface area contributed by atoms with Crippen LogP contribution in [0.1, 0.15) is 13.8 Å². The zero-order chi connectivity index (χ0) is 18.0. The van der Waals surface area contributed by atoms with Crippen LogP contribution in [0.5, 0.6) is 0 Å². The Labute approximate surface area is 144 Å². The highest BCUT2D eigenvalue weighted by Gasteiger charge is 2.38. The van der Waals surface area contributed by atoms with Crippen molar-refractivity contribution in [1.29, 1.82) is 0 Å². The minimum atomic E-state index is -1.26. The van der Waals surface area contributed by atoms with E-state index in [1.165, 1.54) is 20.0 Å². The summed E-state index contributed by atoms with van der Waals surface area (Å²) in [5.74, 6) is -2.72. The van der Waals surface area contributed by atoms with Gasteiger partial charge in [0.05, 0.1) is 6.54 Å². The van der Waals surface area contributed by atoms with Crippen LogP contribution in [0.3, 0.4) is 0 Å². The molecule has 0 aliphatic carbocycles. The number of carbonyl (C=O) groups is 3. The largest absolute Gasteiger partial charge is 0.419 e. The number of cyclic esters (lactones) is 2. The number of esters is 2. The van der Waals surface area contributed by atoms with E-state index in [0.717, 1.165) is 12.2 Å². The average Bonchev–Trinajstić information content (AvgIpc) is 2.54.